The monoisotopic (exact) mass is 382 g/mol. The van der Waals surface area contributed by atoms with E-state index in [0.717, 1.165) is 49.4 Å². The van der Waals surface area contributed by atoms with Crippen molar-refractivity contribution in [1.29, 1.82) is 0 Å². The van der Waals surface area contributed by atoms with Crippen LogP contribution in [0, 0.1) is 11.3 Å². The van der Waals surface area contributed by atoms with Crippen LogP contribution in [0.15, 0.2) is 18.2 Å². The van der Waals surface area contributed by atoms with Gasteiger partial charge in [-0.3, -0.25) is 9.69 Å². The van der Waals surface area contributed by atoms with E-state index < -0.39 is 11.0 Å². The van der Waals surface area contributed by atoms with Crippen LogP contribution in [-0.4, -0.2) is 55.5 Å². The summed E-state index contributed by atoms with van der Waals surface area (Å²) in [6, 6.07) is 6.22. The van der Waals surface area contributed by atoms with Crippen LogP contribution in [0.4, 0.5) is 5.69 Å². The van der Waals surface area contributed by atoms with Crippen molar-refractivity contribution in [2.75, 3.05) is 32.6 Å². The molecule has 2 aliphatic carbocycles. The Balaban J connectivity index is 1.71. The van der Waals surface area contributed by atoms with E-state index in [1.54, 1.807) is 7.11 Å². The summed E-state index contributed by atoms with van der Waals surface area (Å²) >= 11 is 0. The predicted octanol–water partition coefficient (Wildman–Crippen LogP) is 2.12. The molecule has 1 aromatic carbocycles. The normalized spacial score (nSPS) is 42.4. The molecule has 6 heteroatoms. The lowest BCUT2D eigenvalue weighted by Crippen LogP contribution is -2.75. The van der Waals surface area contributed by atoms with Crippen molar-refractivity contribution in [2.45, 2.75) is 49.1 Å². The third-order valence-corrected chi connectivity index (χ3v) is 8.65. The highest BCUT2D eigenvalue weighted by atomic mass is 16.5. The Morgan fingerprint density at radius 1 is 1.25 bits per heavy atom. The Bertz CT molecular complexity index is 916. The van der Waals surface area contributed by atoms with Crippen LogP contribution in [0.2, 0.25) is 0 Å². The number of nitrogens with zero attached hydrogens (tertiary/aromatic N) is 1. The quantitative estimate of drug-likeness (QED) is 0.791. The fourth-order valence-corrected chi connectivity index (χ4v) is 7.97. The average Bonchev–Trinajstić information content (AvgIpc) is 3.20. The van der Waals surface area contributed by atoms with Gasteiger partial charge in [-0.25, -0.2) is 4.79 Å². The fourth-order valence-electron chi connectivity index (χ4n) is 7.97. The minimum atomic E-state index is -0.903. The number of hydrogen-bond acceptors (Lipinski definition) is 6. The van der Waals surface area contributed by atoms with Gasteiger partial charge in [0.2, 0.25) is 0 Å². The number of benzene rings is 1. The van der Waals surface area contributed by atoms with Crippen LogP contribution >= 0.6 is 0 Å². The molecule has 1 aromatic rings. The molecule has 1 N–H and O–H groups in total. The van der Waals surface area contributed by atoms with Crippen LogP contribution < -0.4 is 10.1 Å². The number of nitrogens with one attached hydrogen (secondary N) is 1. The van der Waals surface area contributed by atoms with Crippen LogP contribution in [0.5, 0.6) is 5.75 Å². The molecule has 0 radical (unpaired) electrons. The molecule has 5 aliphatic rings. The molecule has 1 spiro atoms. The molecular formula is C22H26N2O4. The van der Waals surface area contributed by atoms with E-state index in [1.165, 1.54) is 7.11 Å². The van der Waals surface area contributed by atoms with E-state index in [2.05, 4.69) is 16.3 Å². The van der Waals surface area contributed by atoms with Gasteiger partial charge < -0.3 is 14.8 Å². The lowest BCUT2D eigenvalue weighted by molar-refractivity contribution is -0.163. The molecule has 2 saturated carbocycles. The summed E-state index contributed by atoms with van der Waals surface area (Å²) in [5, 5.41) is 3.60. The van der Waals surface area contributed by atoms with Crippen LogP contribution in [-0.2, 0) is 19.7 Å². The van der Waals surface area contributed by atoms with Crippen molar-refractivity contribution in [1.82, 2.24) is 4.90 Å². The lowest BCUT2D eigenvalue weighted by Gasteiger charge is -2.63. The summed E-state index contributed by atoms with van der Waals surface area (Å²) < 4.78 is 11.0. The van der Waals surface area contributed by atoms with E-state index in [9.17, 15) is 9.59 Å². The maximum atomic E-state index is 13.5. The summed E-state index contributed by atoms with van der Waals surface area (Å²) in [6.45, 7) is 1.76. The maximum absolute atomic E-state index is 13.5. The smallest absolute Gasteiger partial charge is 0.332 e. The van der Waals surface area contributed by atoms with Gasteiger partial charge in [0.15, 0.2) is 0 Å². The zero-order valence-electron chi connectivity index (χ0n) is 16.4. The molecule has 148 valence electrons. The highest BCUT2D eigenvalue weighted by molar-refractivity contribution is 5.99. The Morgan fingerprint density at radius 3 is 2.89 bits per heavy atom. The van der Waals surface area contributed by atoms with E-state index in [1.807, 2.05) is 12.1 Å². The number of fused-ring (bicyclic) bond motifs is 1. The third-order valence-electron chi connectivity index (χ3n) is 8.65. The molecular weight excluding hydrogens is 356 g/mol. The standard InChI is InChI=1S/C22H26N2O4/c1-27-16-6-3-5-13-17(16)23-21(19(26)28-2)9-8-20-7-4-10-24-12-14(15(25)11-20)22(13,21)18(20)24/h3,5-6,14,18,23H,4,7-12H2,1-2H3/t14?,18-,20+,21+,22-/m0/s1. The lowest BCUT2D eigenvalue weighted by atomic mass is 9.41. The highest BCUT2D eigenvalue weighted by Gasteiger charge is 2.81. The summed E-state index contributed by atoms with van der Waals surface area (Å²) in [7, 11) is 3.12. The average molecular weight is 382 g/mol. The second kappa shape index (κ2) is 5.09. The van der Waals surface area contributed by atoms with Crippen molar-refractivity contribution in [3.63, 3.8) is 0 Å². The molecule has 5 atom stereocenters. The first kappa shape index (κ1) is 16.8. The Hall–Kier alpha value is -2.08. The SMILES string of the molecule is COC(=O)[C@]12CC[C@]34CCCN5CC(C(=O)C3)[C@@]1(c1cccc(OC)c1N2)[C@@H]54. The number of methoxy groups -OCH3 is 2. The zero-order valence-corrected chi connectivity index (χ0v) is 16.4. The molecule has 3 aliphatic heterocycles. The van der Waals surface area contributed by atoms with Crippen molar-refractivity contribution >= 4 is 17.4 Å². The van der Waals surface area contributed by atoms with Crippen LogP contribution in [0.3, 0.4) is 0 Å². The van der Waals surface area contributed by atoms with Gasteiger partial charge in [-0.2, -0.15) is 0 Å². The maximum Gasteiger partial charge on any atom is 0.332 e. The number of para-hydroxylation sites is 1. The minimum absolute atomic E-state index is 0.0216. The summed E-state index contributed by atoms with van der Waals surface area (Å²) in [6.07, 6.45) is 4.46. The number of rotatable bonds is 2. The number of Topliss-reactive ketones (excluding diaryl/α,β-unsaturated/α-hetero) is 1. The molecule has 6 nitrogen and oxygen atoms in total. The minimum Gasteiger partial charge on any atom is -0.495 e. The van der Waals surface area contributed by atoms with Gasteiger partial charge in [0.1, 0.15) is 17.1 Å². The van der Waals surface area contributed by atoms with E-state index in [0.29, 0.717) is 18.6 Å². The second-order valence-corrected chi connectivity index (χ2v) is 9.33. The Morgan fingerprint density at radius 2 is 2.11 bits per heavy atom. The van der Waals surface area contributed by atoms with Gasteiger partial charge in [-0.05, 0) is 49.3 Å². The van der Waals surface area contributed by atoms with Crippen molar-refractivity contribution in [2.24, 2.45) is 11.3 Å². The first-order chi connectivity index (χ1) is 13.5. The highest BCUT2D eigenvalue weighted by Crippen LogP contribution is 2.73. The first-order valence-corrected chi connectivity index (χ1v) is 10.3. The van der Waals surface area contributed by atoms with Gasteiger partial charge in [0.05, 0.1) is 25.3 Å². The van der Waals surface area contributed by atoms with Crippen molar-refractivity contribution < 1.29 is 19.1 Å². The summed E-state index contributed by atoms with van der Waals surface area (Å²) in [4.78, 5) is 29.5. The number of piperidine rings is 1. The number of ether oxygens (including phenoxy) is 2. The fraction of sp³-hybridized carbons (Fsp3) is 0.636. The van der Waals surface area contributed by atoms with Crippen LogP contribution in [0.25, 0.3) is 0 Å². The number of ketones is 1. The number of anilines is 1. The summed E-state index contributed by atoms with van der Waals surface area (Å²) in [5.41, 5.74) is 0.455. The van der Waals surface area contributed by atoms with E-state index in [4.69, 9.17) is 9.47 Å². The molecule has 0 amide bonds. The second-order valence-electron chi connectivity index (χ2n) is 9.33. The molecule has 4 fully saturated rings. The van der Waals surface area contributed by atoms with E-state index >= 15 is 0 Å². The Kier molecular flexibility index (Phi) is 3.06. The van der Waals surface area contributed by atoms with Gasteiger partial charge in [0, 0.05) is 24.9 Å². The largest absolute Gasteiger partial charge is 0.495 e. The zero-order chi connectivity index (χ0) is 19.3. The van der Waals surface area contributed by atoms with Gasteiger partial charge in [-0.15, -0.1) is 0 Å². The van der Waals surface area contributed by atoms with Crippen molar-refractivity contribution in [3.8, 4) is 5.75 Å². The number of hydrogen-bond donors (Lipinski definition) is 1. The van der Waals surface area contributed by atoms with Crippen molar-refractivity contribution in [3.05, 3.63) is 23.8 Å². The molecule has 2 saturated heterocycles. The molecule has 1 unspecified atom stereocenters. The van der Waals surface area contributed by atoms with Gasteiger partial charge in [0.25, 0.3) is 0 Å². The molecule has 6 rings (SSSR count). The molecule has 3 heterocycles. The van der Waals surface area contributed by atoms with Gasteiger partial charge in [-0.1, -0.05) is 12.1 Å². The molecule has 4 bridgehead atoms. The number of esters is 1. The predicted molar refractivity (Wildman–Crippen MR) is 102 cm³/mol. The molecule has 28 heavy (non-hydrogen) atoms. The Labute approximate surface area is 164 Å². The molecule has 0 aromatic heterocycles. The topological polar surface area (TPSA) is 67.9 Å². The number of carbonyl (C=O) groups excluding carboxylic acids is 2. The summed E-state index contributed by atoms with van der Waals surface area (Å²) in [5.74, 6) is 0.637. The van der Waals surface area contributed by atoms with Gasteiger partial charge >= 0.3 is 5.97 Å². The third kappa shape index (κ3) is 1.52. The first-order valence-electron chi connectivity index (χ1n) is 10.3. The number of carbonyl (C=O) groups is 2. The van der Waals surface area contributed by atoms with E-state index in [-0.39, 0.29) is 23.3 Å². The van der Waals surface area contributed by atoms with Crippen LogP contribution in [0.1, 0.15) is 37.7 Å².